The Bertz CT molecular complexity index is 694. The molecule has 0 unspecified atom stereocenters. The number of hydrogen-bond acceptors (Lipinski definition) is 4. The van der Waals surface area contributed by atoms with Gasteiger partial charge in [-0.25, -0.2) is 4.98 Å². The molecule has 0 radical (unpaired) electrons. The monoisotopic (exact) mass is 270 g/mol. The first-order chi connectivity index (χ1) is 9.40. The number of anilines is 2. The maximum absolute atomic E-state index is 5.88. The average molecular weight is 270 g/mol. The molecule has 0 saturated heterocycles. The molecule has 1 heterocycles. The van der Waals surface area contributed by atoms with Crippen molar-refractivity contribution in [2.45, 2.75) is 27.7 Å². The van der Waals surface area contributed by atoms with Crippen LogP contribution in [0.2, 0.25) is 0 Å². The van der Waals surface area contributed by atoms with Crippen molar-refractivity contribution in [3.63, 3.8) is 0 Å². The third-order valence-corrected chi connectivity index (χ3v) is 3.11. The standard InChI is InChI=1S/C16H22N4/c1-6-8-13(7-2)11(4)10(3)9-14-12(5)19-16(18)20-15(14)17/h6-9H,5H2,1-4H3,(H4,17,18,19,20). The molecule has 0 amide bonds. The molecule has 1 aromatic rings. The highest BCUT2D eigenvalue weighted by Gasteiger charge is 2.01. The highest BCUT2D eigenvalue weighted by molar-refractivity contribution is 5.57. The van der Waals surface area contributed by atoms with Gasteiger partial charge in [0.15, 0.2) is 0 Å². The van der Waals surface area contributed by atoms with Gasteiger partial charge < -0.3 is 11.5 Å². The van der Waals surface area contributed by atoms with Crippen LogP contribution in [0.4, 0.5) is 11.8 Å². The average Bonchev–Trinajstić information content (AvgIpc) is 2.39. The summed E-state index contributed by atoms with van der Waals surface area (Å²) in [6, 6.07) is 0. The van der Waals surface area contributed by atoms with Crippen LogP contribution in [0.3, 0.4) is 0 Å². The summed E-state index contributed by atoms with van der Waals surface area (Å²) in [4.78, 5) is 8.01. The van der Waals surface area contributed by atoms with Crippen molar-refractivity contribution in [1.29, 1.82) is 0 Å². The maximum atomic E-state index is 5.88. The molecule has 1 aromatic heterocycles. The molecule has 20 heavy (non-hydrogen) atoms. The van der Waals surface area contributed by atoms with Gasteiger partial charge in [-0.05, 0) is 50.5 Å². The summed E-state index contributed by atoms with van der Waals surface area (Å²) >= 11 is 0. The first-order valence-electron chi connectivity index (χ1n) is 6.47. The van der Waals surface area contributed by atoms with Crippen LogP contribution < -0.4 is 22.0 Å². The molecule has 0 aromatic carbocycles. The fourth-order valence-corrected chi connectivity index (χ4v) is 1.88. The molecule has 1 rings (SSSR count). The van der Waals surface area contributed by atoms with Gasteiger partial charge in [-0.3, -0.25) is 0 Å². The van der Waals surface area contributed by atoms with Crippen LogP contribution >= 0.6 is 0 Å². The van der Waals surface area contributed by atoms with E-state index in [1.165, 1.54) is 11.1 Å². The Hall–Kier alpha value is -2.36. The Morgan fingerprint density at radius 1 is 1.15 bits per heavy atom. The van der Waals surface area contributed by atoms with E-state index in [1.807, 2.05) is 32.9 Å². The highest BCUT2D eigenvalue weighted by Crippen LogP contribution is 2.16. The van der Waals surface area contributed by atoms with Crippen molar-refractivity contribution < 1.29 is 0 Å². The van der Waals surface area contributed by atoms with E-state index in [9.17, 15) is 0 Å². The number of allylic oxidation sites excluding steroid dienone is 6. The summed E-state index contributed by atoms with van der Waals surface area (Å²) in [6.45, 7) is 12.0. The molecular weight excluding hydrogens is 248 g/mol. The van der Waals surface area contributed by atoms with E-state index in [4.69, 9.17) is 11.5 Å². The molecule has 0 aliphatic heterocycles. The third-order valence-electron chi connectivity index (χ3n) is 3.11. The molecule has 4 heteroatoms. The van der Waals surface area contributed by atoms with Crippen molar-refractivity contribution in [2.75, 3.05) is 11.5 Å². The molecule has 0 atom stereocenters. The van der Waals surface area contributed by atoms with Crippen LogP contribution in [0.25, 0.3) is 12.7 Å². The van der Waals surface area contributed by atoms with Crippen LogP contribution in [-0.4, -0.2) is 9.97 Å². The number of nitrogens with zero attached hydrogens (tertiary/aromatic N) is 2. The minimum absolute atomic E-state index is 0.145. The highest BCUT2D eigenvalue weighted by atomic mass is 15.0. The van der Waals surface area contributed by atoms with Gasteiger partial charge in [-0.2, -0.15) is 4.98 Å². The Kier molecular flexibility index (Phi) is 5.26. The van der Waals surface area contributed by atoms with Crippen LogP contribution in [-0.2, 0) is 0 Å². The molecule has 0 spiro atoms. The predicted molar refractivity (Wildman–Crippen MR) is 87.0 cm³/mol. The quantitative estimate of drug-likeness (QED) is 0.819. The Labute approximate surface area is 119 Å². The molecular formula is C16H22N4. The van der Waals surface area contributed by atoms with Crippen molar-refractivity contribution >= 4 is 24.4 Å². The Balaban J connectivity index is 3.47. The van der Waals surface area contributed by atoms with E-state index in [2.05, 4.69) is 35.6 Å². The fourth-order valence-electron chi connectivity index (χ4n) is 1.88. The summed E-state index contributed by atoms with van der Waals surface area (Å²) in [7, 11) is 0. The summed E-state index contributed by atoms with van der Waals surface area (Å²) in [6.07, 6.45) is 8.10. The number of nitrogens with two attached hydrogens (primary N) is 2. The minimum atomic E-state index is 0.145. The number of nitrogen functional groups attached to an aromatic ring is 2. The molecule has 0 saturated carbocycles. The maximum Gasteiger partial charge on any atom is 0.222 e. The lowest BCUT2D eigenvalue weighted by atomic mass is 10.0. The van der Waals surface area contributed by atoms with Crippen molar-refractivity contribution in [2.24, 2.45) is 0 Å². The third kappa shape index (κ3) is 3.57. The minimum Gasteiger partial charge on any atom is -0.383 e. The van der Waals surface area contributed by atoms with Crippen LogP contribution in [0.15, 0.2) is 34.9 Å². The van der Waals surface area contributed by atoms with E-state index in [0.29, 0.717) is 16.4 Å². The second-order valence-corrected chi connectivity index (χ2v) is 4.52. The zero-order valence-electron chi connectivity index (χ0n) is 12.6. The molecule has 0 bridgehead atoms. The topological polar surface area (TPSA) is 77.8 Å². The zero-order valence-corrected chi connectivity index (χ0v) is 12.6. The Morgan fingerprint density at radius 2 is 1.80 bits per heavy atom. The van der Waals surface area contributed by atoms with E-state index >= 15 is 0 Å². The summed E-state index contributed by atoms with van der Waals surface area (Å²) in [5.74, 6) is 0.494. The van der Waals surface area contributed by atoms with Gasteiger partial charge in [0, 0.05) is 5.22 Å². The van der Waals surface area contributed by atoms with Gasteiger partial charge in [0.1, 0.15) is 5.82 Å². The summed E-state index contributed by atoms with van der Waals surface area (Å²) in [5.41, 5.74) is 14.8. The second kappa shape index (κ2) is 6.70. The van der Waals surface area contributed by atoms with Gasteiger partial charge in [0.05, 0.1) is 5.35 Å². The van der Waals surface area contributed by atoms with Crippen LogP contribution in [0.5, 0.6) is 0 Å². The number of hydrogen-bond donors (Lipinski definition) is 2. The SMILES string of the molecule is C=c1nc(N)nc(N)c1=CC(C)=C(C)C(C=CC)=CC. The zero-order chi connectivity index (χ0) is 15.3. The van der Waals surface area contributed by atoms with Gasteiger partial charge >= 0.3 is 0 Å². The van der Waals surface area contributed by atoms with Crippen molar-refractivity contribution in [1.82, 2.24) is 9.97 Å². The van der Waals surface area contributed by atoms with E-state index in [0.717, 1.165) is 5.57 Å². The van der Waals surface area contributed by atoms with Gasteiger partial charge in [-0.15, -0.1) is 0 Å². The van der Waals surface area contributed by atoms with Crippen LogP contribution in [0.1, 0.15) is 27.7 Å². The van der Waals surface area contributed by atoms with Crippen molar-refractivity contribution in [3.8, 4) is 0 Å². The van der Waals surface area contributed by atoms with Crippen LogP contribution in [0, 0.1) is 0 Å². The predicted octanol–water partition coefficient (Wildman–Crippen LogP) is 1.69. The fraction of sp³-hybridized carbons (Fsp3) is 0.250. The lowest BCUT2D eigenvalue weighted by Gasteiger charge is -2.06. The Morgan fingerprint density at radius 3 is 2.30 bits per heavy atom. The normalized spacial score (nSPS) is 14.8. The van der Waals surface area contributed by atoms with Gasteiger partial charge in [-0.1, -0.05) is 24.8 Å². The lowest BCUT2D eigenvalue weighted by molar-refractivity contribution is 1.13. The molecule has 4 nitrogen and oxygen atoms in total. The number of aromatic nitrogens is 2. The lowest BCUT2D eigenvalue weighted by Crippen LogP contribution is -2.32. The summed E-state index contributed by atoms with van der Waals surface area (Å²) in [5, 5.41) is 1.25. The van der Waals surface area contributed by atoms with E-state index in [1.54, 1.807) is 0 Å². The molecule has 106 valence electrons. The molecule has 4 N–H and O–H groups in total. The summed E-state index contributed by atoms with van der Waals surface area (Å²) < 4.78 is 0. The molecule has 0 fully saturated rings. The van der Waals surface area contributed by atoms with Gasteiger partial charge in [0.2, 0.25) is 5.95 Å². The molecule has 0 aliphatic rings. The number of rotatable bonds is 3. The smallest absolute Gasteiger partial charge is 0.222 e. The van der Waals surface area contributed by atoms with Gasteiger partial charge in [0.25, 0.3) is 0 Å². The second-order valence-electron chi connectivity index (χ2n) is 4.52. The first kappa shape index (κ1) is 15.7. The largest absolute Gasteiger partial charge is 0.383 e. The van der Waals surface area contributed by atoms with E-state index in [-0.39, 0.29) is 5.95 Å². The van der Waals surface area contributed by atoms with Crippen molar-refractivity contribution in [3.05, 3.63) is 45.5 Å². The molecule has 0 aliphatic carbocycles. The van der Waals surface area contributed by atoms with E-state index < -0.39 is 0 Å². The first-order valence-corrected chi connectivity index (χ1v) is 6.47.